The molecular weight excluding hydrogens is 413 g/mol. The van der Waals surface area contributed by atoms with Crippen molar-refractivity contribution in [1.82, 2.24) is 15.5 Å². The molecule has 0 fully saturated rings. The smallest absolute Gasteiger partial charge is 0.361 e. The number of carbonyl (C=O) groups is 1. The van der Waals surface area contributed by atoms with Gasteiger partial charge in [-0.15, -0.1) is 11.3 Å². The lowest BCUT2D eigenvalue weighted by Gasteiger charge is -2.05. The first-order valence-electron chi connectivity index (χ1n) is 8.44. The minimum Gasteiger partial charge on any atom is -0.361 e. The Bertz CT molecular complexity index is 1070. The molecule has 2 heterocycles. The molecular formula is C17H15F3N4O4S. The highest BCUT2D eigenvalue weighted by atomic mass is 32.1. The molecule has 0 spiro atoms. The second-order valence-electron chi connectivity index (χ2n) is 6.28. The summed E-state index contributed by atoms with van der Waals surface area (Å²) >= 11 is 0.683. The van der Waals surface area contributed by atoms with Gasteiger partial charge in [0.2, 0.25) is 0 Å². The molecule has 0 aliphatic heterocycles. The number of alkyl halides is 3. The Morgan fingerprint density at radius 1 is 1.34 bits per heavy atom. The highest BCUT2D eigenvalue weighted by Gasteiger charge is 2.34. The lowest BCUT2D eigenvalue weighted by molar-refractivity contribution is -0.383. The first kappa shape index (κ1) is 20.7. The Hall–Kier alpha value is -3.02. The number of nitro benzene ring substituents is 1. The minimum atomic E-state index is -4.76. The molecule has 3 aromatic rings. The fraction of sp³-hybridized carbons (Fsp3) is 0.353. The number of thiazole rings is 1. The van der Waals surface area contributed by atoms with Gasteiger partial charge in [-0.2, -0.15) is 13.2 Å². The summed E-state index contributed by atoms with van der Waals surface area (Å²) in [4.78, 5) is 26.4. The molecule has 1 N–H and O–H groups in total. The Labute approximate surface area is 165 Å². The van der Waals surface area contributed by atoms with E-state index in [1.807, 2.05) is 6.92 Å². The van der Waals surface area contributed by atoms with Crippen LogP contribution in [0.25, 0.3) is 10.2 Å². The van der Waals surface area contributed by atoms with Crippen molar-refractivity contribution >= 4 is 33.1 Å². The summed E-state index contributed by atoms with van der Waals surface area (Å²) in [5, 5.41) is 17.5. The topological polar surface area (TPSA) is 111 Å². The number of benzene rings is 1. The molecule has 0 saturated carbocycles. The van der Waals surface area contributed by atoms with Gasteiger partial charge in [-0.3, -0.25) is 14.9 Å². The molecule has 0 aliphatic rings. The maximum absolute atomic E-state index is 13.0. The number of hydrogen-bond acceptors (Lipinski definition) is 7. The van der Waals surface area contributed by atoms with Crippen molar-refractivity contribution in [2.24, 2.45) is 0 Å². The molecule has 2 aromatic heterocycles. The van der Waals surface area contributed by atoms with Crippen LogP contribution in [0.1, 0.15) is 38.8 Å². The van der Waals surface area contributed by atoms with Crippen LogP contribution in [-0.4, -0.2) is 27.5 Å². The van der Waals surface area contributed by atoms with Gasteiger partial charge in [0, 0.05) is 18.2 Å². The van der Waals surface area contributed by atoms with Crippen LogP contribution in [0.5, 0.6) is 0 Å². The Kier molecular flexibility index (Phi) is 5.55. The number of non-ortho nitro benzene ring substituents is 1. The first-order valence-corrected chi connectivity index (χ1v) is 9.25. The molecule has 12 heteroatoms. The van der Waals surface area contributed by atoms with Crippen molar-refractivity contribution < 1.29 is 27.4 Å². The molecule has 1 aromatic carbocycles. The Morgan fingerprint density at radius 2 is 2.07 bits per heavy atom. The second-order valence-corrected chi connectivity index (χ2v) is 7.28. The molecule has 154 valence electrons. The zero-order valence-corrected chi connectivity index (χ0v) is 16.1. The number of amides is 1. The molecule has 0 atom stereocenters. The van der Waals surface area contributed by atoms with Gasteiger partial charge in [0.1, 0.15) is 10.5 Å². The quantitative estimate of drug-likeness (QED) is 0.358. The van der Waals surface area contributed by atoms with Gasteiger partial charge >= 0.3 is 6.18 Å². The van der Waals surface area contributed by atoms with Crippen LogP contribution >= 0.6 is 11.3 Å². The van der Waals surface area contributed by atoms with Gasteiger partial charge in [0.25, 0.3) is 11.6 Å². The van der Waals surface area contributed by atoms with Gasteiger partial charge < -0.3 is 9.84 Å². The van der Waals surface area contributed by atoms with Crippen LogP contribution in [0, 0.1) is 24.0 Å². The molecule has 8 nitrogen and oxygen atoms in total. The highest BCUT2D eigenvalue weighted by Crippen LogP contribution is 2.38. The van der Waals surface area contributed by atoms with E-state index in [2.05, 4.69) is 15.5 Å². The van der Waals surface area contributed by atoms with Gasteiger partial charge in [0.05, 0.1) is 21.7 Å². The minimum absolute atomic E-state index is 0.0797. The fourth-order valence-corrected chi connectivity index (χ4v) is 3.76. The molecule has 3 rings (SSSR count). The number of rotatable bonds is 6. The number of fused-ring (bicyclic) bond motifs is 1. The van der Waals surface area contributed by atoms with Gasteiger partial charge in [-0.1, -0.05) is 5.16 Å². The molecule has 0 bridgehead atoms. The maximum Gasteiger partial charge on any atom is 0.416 e. The van der Waals surface area contributed by atoms with Crippen molar-refractivity contribution in [3.63, 3.8) is 0 Å². The van der Waals surface area contributed by atoms with Crippen molar-refractivity contribution in [2.45, 2.75) is 32.9 Å². The summed E-state index contributed by atoms with van der Waals surface area (Å²) in [6.45, 7) is 3.89. The standard InChI is InChI=1S/C17H15F3N4O4S/c1-8-11(9(2)28-23-8)4-3-5-21-15(25)16-22-12-6-10(17(18,19)20)7-13(24(26)27)14(12)29-16/h6-7H,3-5H2,1-2H3,(H,21,25). The number of carbonyl (C=O) groups excluding carboxylic acids is 1. The lowest BCUT2D eigenvalue weighted by Crippen LogP contribution is -2.24. The van der Waals surface area contributed by atoms with Crippen LogP contribution < -0.4 is 5.32 Å². The van der Waals surface area contributed by atoms with Crippen LogP contribution in [-0.2, 0) is 12.6 Å². The van der Waals surface area contributed by atoms with E-state index in [9.17, 15) is 28.1 Å². The molecule has 0 saturated heterocycles. The van der Waals surface area contributed by atoms with E-state index in [0.717, 1.165) is 11.3 Å². The van der Waals surface area contributed by atoms with Crippen LogP contribution in [0.15, 0.2) is 16.7 Å². The van der Waals surface area contributed by atoms with Crippen molar-refractivity contribution in [3.05, 3.63) is 49.8 Å². The Morgan fingerprint density at radius 3 is 2.66 bits per heavy atom. The lowest BCUT2D eigenvalue weighted by atomic mass is 10.1. The summed E-state index contributed by atoms with van der Waals surface area (Å²) in [7, 11) is 0. The van der Waals surface area contributed by atoms with Crippen LogP contribution in [0.2, 0.25) is 0 Å². The predicted molar refractivity (Wildman–Crippen MR) is 97.9 cm³/mol. The van der Waals surface area contributed by atoms with Crippen LogP contribution in [0.4, 0.5) is 18.9 Å². The third kappa shape index (κ3) is 4.36. The monoisotopic (exact) mass is 428 g/mol. The summed E-state index contributed by atoms with van der Waals surface area (Å²) in [5.74, 6) is 0.0978. The number of nitrogens with zero attached hydrogens (tertiary/aromatic N) is 3. The third-order valence-corrected chi connectivity index (χ3v) is 5.35. The fourth-order valence-electron chi connectivity index (χ4n) is 2.81. The molecule has 0 radical (unpaired) electrons. The molecule has 1 amide bonds. The number of nitro groups is 1. The SMILES string of the molecule is Cc1noc(C)c1CCCNC(=O)c1nc2cc(C(F)(F)F)cc([N+](=O)[O-])c2s1. The van der Waals surface area contributed by atoms with E-state index >= 15 is 0 Å². The van der Waals surface area contributed by atoms with E-state index < -0.39 is 28.3 Å². The zero-order chi connectivity index (χ0) is 21.3. The summed E-state index contributed by atoms with van der Waals surface area (Å²) in [6.07, 6.45) is -3.55. The van der Waals surface area contributed by atoms with Gasteiger partial charge in [-0.25, -0.2) is 4.98 Å². The van der Waals surface area contributed by atoms with E-state index in [1.165, 1.54) is 0 Å². The third-order valence-electron chi connectivity index (χ3n) is 4.26. The largest absolute Gasteiger partial charge is 0.416 e. The van der Waals surface area contributed by atoms with E-state index in [1.54, 1.807) is 6.92 Å². The summed E-state index contributed by atoms with van der Waals surface area (Å²) in [6, 6.07) is 1.15. The van der Waals surface area contributed by atoms with E-state index in [4.69, 9.17) is 4.52 Å². The number of aromatic nitrogens is 2. The number of nitrogens with one attached hydrogen (secondary N) is 1. The summed E-state index contributed by atoms with van der Waals surface area (Å²) in [5.41, 5.74) is -0.432. The predicted octanol–water partition coefficient (Wildman–Crippen LogP) is 4.19. The van der Waals surface area contributed by atoms with E-state index in [0.29, 0.717) is 42.1 Å². The first-order chi connectivity index (χ1) is 13.6. The van der Waals surface area contributed by atoms with Crippen molar-refractivity contribution in [1.29, 1.82) is 0 Å². The normalized spacial score (nSPS) is 11.8. The number of aryl methyl sites for hydroxylation is 2. The van der Waals surface area contributed by atoms with Crippen LogP contribution in [0.3, 0.4) is 0 Å². The molecule has 0 aliphatic carbocycles. The number of halogens is 3. The maximum atomic E-state index is 13.0. The highest BCUT2D eigenvalue weighted by molar-refractivity contribution is 7.20. The second kappa shape index (κ2) is 7.78. The summed E-state index contributed by atoms with van der Waals surface area (Å²) < 4.78 is 43.9. The number of hydrogen-bond donors (Lipinski definition) is 1. The van der Waals surface area contributed by atoms with Gasteiger partial charge in [-0.05, 0) is 32.8 Å². The van der Waals surface area contributed by atoms with Crippen molar-refractivity contribution in [3.8, 4) is 0 Å². The zero-order valence-electron chi connectivity index (χ0n) is 15.3. The Balaban J connectivity index is 1.74. The van der Waals surface area contributed by atoms with Crippen molar-refractivity contribution in [2.75, 3.05) is 6.54 Å². The molecule has 0 unspecified atom stereocenters. The molecule has 29 heavy (non-hydrogen) atoms. The average molecular weight is 428 g/mol. The van der Waals surface area contributed by atoms with E-state index in [-0.39, 0.29) is 21.8 Å². The van der Waals surface area contributed by atoms with Gasteiger partial charge in [0.15, 0.2) is 5.01 Å². The average Bonchev–Trinajstić information content (AvgIpc) is 3.20.